The number of hydrogen-bond acceptors (Lipinski definition) is 1. The summed E-state index contributed by atoms with van der Waals surface area (Å²) >= 11 is 5.95. The van der Waals surface area contributed by atoms with Crippen LogP contribution in [-0.4, -0.2) is 6.54 Å². The van der Waals surface area contributed by atoms with Gasteiger partial charge in [-0.2, -0.15) is 0 Å². The van der Waals surface area contributed by atoms with Gasteiger partial charge in [0.2, 0.25) is 0 Å². The molecule has 1 aliphatic carbocycles. The Balaban J connectivity index is 1.76. The van der Waals surface area contributed by atoms with Crippen molar-refractivity contribution in [3.8, 4) is 0 Å². The minimum atomic E-state index is 0.405. The molecular formula is C19H30ClN. The quantitative estimate of drug-likeness (QED) is 0.736. The van der Waals surface area contributed by atoms with Crippen LogP contribution in [0.15, 0.2) is 24.3 Å². The van der Waals surface area contributed by atoms with Crippen LogP contribution in [0.5, 0.6) is 0 Å². The van der Waals surface area contributed by atoms with Gasteiger partial charge in [0.25, 0.3) is 0 Å². The fourth-order valence-corrected chi connectivity index (χ4v) is 3.57. The highest BCUT2D eigenvalue weighted by Gasteiger charge is 2.29. The first kappa shape index (κ1) is 16.8. The average Bonchev–Trinajstić information content (AvgIpc) is 2.45. The van der Waals surface area contributed by atoms with Gasteiger partial charge < -0.3 is 5.32 Å². The van der Waals surface area contributed by atoms with Crippen molar-refractivity contribution in [2.75, 3.05) is 6.54 Å². The maximum atomic E-state index is 5.95. The minimum absolute atomic E-state index is 0.405. The summed E-state index contributed by atoms with van der Waals surface area (Å²) in [5.41, 5.74) is 1.80. The van der Waals surface area contributed by atoms with Crippen LogP contribution in [0.25, 0.3) is 0 Å². The Bertz CT molecular complexity index is 424. The van der Waals surface area contributed by atoms with Crippen LogP contribution in [0, 0.1) is 17.3 Å². The van der Waals surface area contributed by atoms with Crippen LogP contribution in [0.4, 0.5) is 0 Å². The molecule has 1 N–H and O–H groups in total. The van der Waals surface area contributed by atoms with E-state index in [1.54, 1.807) is 0 Å². The van der Waals surface area contributed by atoms with Crippen molar-refractivity contribution in [1.82, 2.24) is 5.32 Å². The van der Waals surface area contributed by atoms with Crippen molar-refractivity contribution in [1.29, 1.82) is 0 Å². The molecule has 1 atom stereocenters. The molecule has 0 aliphatic heterocycles. The highest BCUT2D eigenvalue weighted by Crippen LogP contribution is 2.39. The van der Waals surface area contributed by atoms with E-state index in [0.29, 0.717) is 11.5 Å². The van der Waals surface area contributed by atoms with E-state index in [1.807, 2.05) is 12.1 Å². The van der Waals surface area contributed by atoms with Gasteiger partial charge >= 0.3 is 0 Å². The standard InChI is InChI=1S/C19H30ClN/c1-14(16-7-11-18(20)12-8-16)21-13-15-5-9-17(10-6-15)19(2,3)4/h7-8,11-12,14-15,17,21H,5-6,9-10,13H2,1-4H3/t14-,15?,17?/m0/s1. The number of rotatable bonds is 4. The summed E-state index contributed by atoms with van der Waals surface area (Å²) in [5.74, 6) is 1.75. The van der Waals surface area contributed by atoms with Gasteiger partial charge in [0.1, 0.15) is 0 Å². The fraction of sp³-hybridized carbons (Fsp3) is 0.684. The lowest BCUT2D eigenvalue weighted by molar-refractivity contribution is 0.148. The van der Waals surface area contributed by atoms with Gasteiger partial charge in [0.05, 0.1) is 0 Å². The summed E-state index contributed by atoms with van der Waals surface area (Å²) in [5, 5.41) is 4.51. The molecule has 0 bridgehead atoms. The van der Waals surface area contributed by atoms with Gasteiger partial charge in [0, 0.05) is 11.1 Å². The molecule has 1 aromatic carbocycles. The van der Waals surface area contributed by atoms with Crippen molar-refractivity contribution in [2.24, 2.45) is 17.3 Å². The highest BCUT2D eigenvalue weighted by atomic mass is 35.5. The Morgan fingerprint density at radius 2 is 1.67 bits per heavy atom. The summed E-state index contributed by atoms with van der Waals surface area (Å²) in [6, 6.07) is 8.60. The van der Waals surface area contributed by atoms with Gasteiger partial charge in [-0.1, -0.05) is 44.5 Å². The lowest BCUT2D eigenvalue weighted by Gasteiger charge is -2.37. The van der Waals surface area contributed by atoms with Gasteiger partial charge in [0.15, 0.2) is 0 Å². The summed E-state index contributed by atoms with van der Waals surface area (Å²) in [7, 11) is 0. The van der Waals surface area contributed by atoms with Gasteiger partial charge in [-0.15, -0.1) is 0 Å². The maximum absolute atomic E-state index is 5.95. The van der Waals surface area contributed by atoms with Crippen LogP contribution < -0.4 is 5.32 Å². The second-order valence-electron chi connectivity index (χ2n) is 7.77. The third kappa shape index (κ3) is 5.00. The van der Waals surface area contributed by atoms with Crippen LogP contribution in [0.2, 0.25) is 5.02 Å². The first-order valence-electron chi connectivity index (χ1n) is 8.35. The van der Waals surface area contributed by atoms with E-state index in [4.69, 9.17) is 11.6 Å². The Morgan fingerprint density at radius 3 is 2.19 bits per heavy atom. The Kier molecular flexibility index (Phi) is 5.73. The van der Waals surface area contributed by atoms with E-state index < -0.39 is 0 Å². The Labute approximate surface area is 135 Å². The second kappa shape index (κ2) is 7.15. The predicted molar refractivity (Wildman–Crippen MR) is 92.8 cm³/mol. The molecule has 1 aromatic rings. The Hall–Kier alpha value is -0.530. The molecule has 1 aliphatic rings. The average molecular weight is 308 g/mol. The van der Waals surface area contributed by atoms with Crippen molar-refractivity contribution in [3.05, 3.63) is 34.9 Å². The van der Waals surface area contributed by atoms with Gasteiger partial charge in [-0.3, -0.25) is 0 Å². The van der Waals surface area contributed by atoms with Crippen LogP contribution in [0.3, 0.4) is 0 Å². The molecule has 2 heteroatoms. The molecule has 0 unspecified atom stereocenters. The van der Waals surface area contributed by atoms with E-state index in [2.05, 4.69) is 45.1 Å². The molecular weight excluding hydrogens is 278 g/mol. The van der Waals surface area contributed by atoms with E-state index in [1.165, 1.54) is 31.2 Å². The second-order valence-corrected chi connectivity index (χ2v) is 8.20. The van der Waals surface area contributed by atoms with E-state index in [9.17, 15) is 0 Å². The first-order chi connectivity index (χ1) is 9.86. The molecule has 118 valence electrons. The topological polar surface area (TPSA) is 12.0 Å². The normalized spacial score (nSPS) is 24.8. The first-order valence-corrected chi connectivity index (χ1v) is 8.73. The molecule has 1 saturated carbocycles. The lowest BCUT2D eigenvalue weighted by atomic mass is 9.70. The molecule has 2 rings (SSSR count). The SMILES string of the molecule is C[C@H](NCC1CCC(C(C)(C)C)CC1)c1ccc(Cl)cc1. The van der Waals surface area contributed by atoms with Gasteiger partial charge in [-0.25, -0.2) is 0 Å². The molecule has 1 fully saturated rings. The lowest BCUT2D eigenvalue weighted by Crippen LogP contribution is -2.31. The molecule has 1 nitrogen and oxygen atoms in total. The molecule has 0 heterocycles. The number of nitrogens with one attached hydrogen (secondary N) is 1. The van der Waals surface area contributed by atoms with E-state index in [0.717, 1.165) is 23.4 Å². The number of halogens is 1. The van der Waals surface area contributed by atoms with Crippen LogP contribution in [-0.2, 0) is 0 Å². The molecule has 0 saturated heterocycles. The van der Waals surface area contributed by atoms with Crippen molar-refractivity contribution in [3.63, 3.8) is 0 Å². The summed E-state index contributed by atoms with van der Waals surface area (Å²) in [6.07, 6.45) is 5.54. The largest absolute Gasteiger partial charge is 0.310 e. The zero-order valence-electron chi connectivity index (χ0n) is 14.0. The van der Waals surface area contributed by atoms with Crippen molar-refractivity contribution < 1.29 is 0 Å². The van der Waals surface area contributed by atoms with E-state index >= 15 is 0 Å². The zero-order valence-corrected chi connectivity index (χ0v) is 14.7. The molecule has 0 spiro atoms. The summed E-state index contributed by atoms with van der Waals surface area (Å²) in [6.45, 7) is 10.5. The van der Waals surface area contributed by atoms with Crippen molar-refractivity contribution >= 4 is 11.6 Å². The highest BCUT2D eigenvalue weighted by molar-refractivity contribution is 6.30. The molecule has 21 heavy (non-hydrogen) atoms. The van der Waals surface area contributed by atoms with Crippen LogP contribution >= 0.6 is 11.6 Å². The zero-order chi connectivity index (χ0) is 15.5. The smallest absolute Gasteiger partial charge is 0.0406 e. The summed E-state index contributed by atoms with van der Waals surface area (Å²) < 4.78 is 0. The summed E-state index contributed by atoms with van der Waals surface area (Å²) in [4.78, 5) is 0. The van der Waals surface area contributed by atoms with E-state index in [-0.39, 0.29) is 0 Å². The van der Waals surface area contributed by atoms with Crippen molar-refractivity contribution in [2.45, 2.75) is 59.4 Å². The third-order valence-electron chi connectivity index (χ3n) is 5.15. The minimum Gasteiger partial charge on any atom is -0.310 e. The fourth-order valence-electron chi connectivity index (χ4n) is 3.45. The van der Waals surface area contributed by atoms with Crippen LogP contribution in [0.1, 0.15) is 65.0 Å². The third-order valence-corrected chi connectivity index (χ3v) is 5.41. The molecule has 0 aromatic heterocycles. The predicted octanol–water partition coefficient (Wildman–Crippen LogP) is 5.84. The number of hydrogen-bond donors (Lipinski definition) is 1. The monoisotopic (exact) mass is 307 g/mol. The van der Waals surface area contributed by atoms with Gasteiger partial charge in [-0.05, 0) is 74.1 Å². The number of benzene rings is 1. The Morgan fingerprint density at radius 1 is 1.10 bits per heavy atom. The molecule has 0 radical (unpaired) electrons. The molecule has 0 amide bonds. The maximum Gasteiger partial charge on any atom is 0.0406 e.